The molecule has 0 bridgehead atoms. The number of hydrogen-bond donors (Lipinski definition) is 2. The summed E-state index contributed by atoms with van der Waals surface area (Å²) in [5.74, 6) is 0. The number of urea groups is 1. The number of carbonyl (C=O) groups is 1. The average molecular weight is 485 g/mol. The Morgan fingerprint density at radius 2 is 1.91 bits per heavy atom. The molecule has 0 saturated carbocycles. The first-order valence-corrected chi connectivity index (χ1v) is 12.2. The van der Waals surface area contributed by atoms with E-state index in [0.29, 0.717) is 42.0 Å². The predicted molar refractivity (Wildman–Crippen MR) is 132 cm³/mol. The number of carbonyl (C=O) groups excluding carboxylic acids is 1. The van der Waals surface area contributed by atoms with Crippen molar-refractivity contribution in [1.29, 1.82) is 0 Å². The number of halogens is 1. The van der Waals surface area contributed by atoms with Gasteiger partial charge in [0.25, 0.3) is 6.01 Å². The molecular formula is C24H29ClN6O3. The minimum Gasteiger partial charge on any atom is -0.461 e. The second-order valence-corrected chi connectivity index (χ2v) is 8.93. The number of piperidine rings is 1. The SMILES string of the molecule is CCNC(=O)N1CCC(Oc2nc3nc(-c4ccc(N5CCOCC5)cc4)c(Cl)cc3[nH]2)CC1. The summed E-state index contributed by atoms with van der Waals surface area (Å²) in [6.45, 7) is 7.16. The Bertz CT molecular complexity index is 1140. The van der Waals surface area contributed by atoms with E-state index >= 15 is 0 Å². The summed E-state index contributed by atoms with van der Waals surface area (Å²) in [6, 6.07) is 10.5. The van der Waals surface area contributed by atoms with E-state index in [2.05, 4.69) is 32.3 Å². The lowest BCUT2D eigenvalue weighted by Crippen LogP contribution is -2.46. The maximum Gasteiger partial charge on any atom is 0.317 e. The van der Waals surface area contributed by atoms with Gasteiger partial charge >= 0.3 is 6.03 Å². The second-order valence-electron chi connectivity index (χ2n) is 8.52. The number of nitrogens with one attached hydrogen (secondary N) is 2. The Kier molecular flexibility index (Phi) is 6.73. The number of hydrogen-bond acceptors (Lipinski definition) is 6. The first-order valence-electron chi connectivity index (χ1n) is 11.8. The summed E-state index contributed by atoms with van der Waals surface area (Å²) in [4.78, 5) is 28.5. The zero-order chi connectivity index (χ0) is 23.5. The van der Waals surface area contributed by atoms with Crippen LogP contribution in [0.4, 0.5) is 10.5 Å². The highest BCUT2D eigenvalue weighted by Crippen LogP contribution is 2.31. The van der Waals surface area contributed by atoms with Gasteiger partial charge in [-0.2, -0.15) is 4.98 Å². The Hall–Kier alpha value is -3.04. The second kappa shape index (κ2) is 10.1. The Balaban J connectivity index is 1.27. The molecule has 34 heavy (non-hydrogen) atoms. The molecule has 2 N–H and O–H groups in total. The minimum atomic E-state index is -0.0194. The molecule has 0 spiro atoms. The zero-order valence-electron chi connectivity index (χ0n) is 19.2. The lowest BCUT2D eigenvalue weighted by Gasteiger charge is -2.31. The number of rotatable bonds is 5. The highest BCUT2D eigenvalue weighted by atomic mass is 35.5. The standard InChI is InChI=1S/C24H29ClN6O3/c1-2-26-24(32)31-9-7-18(8-10-31)34-23-27-20-15-19(25)21(28-22(20)29-23)16-3-5-17(6-4-16)30-11-13-33-14-12-30/h3-6,15,18H,2,7-14H2,1H3,(H,26,32)(H,27,28,29). The Morgan fingerprint density at radius 1 is 1.18 bits per heavy atom. The molecule has 2 aliphatic heterocycles. The number of aromatic amines is 1. The van der Waals surface area contributed by atoms with Gasteiger partial charge in [-0.25, -0.2) is 9.78 Å². The first-order chi connectivity index (χ1) is 16.6. The van der Waals surface area contributed by atoms with E-state index in [1.807, 2.05) is 30.0 Å². The number of ether oxygens (including phenoxy) is 2. The molecule has 0 aliphatic carbocycles. The van der Waals surface area contributed by atoms with Gasteiger partial charge in [0.15, 0.2) is 5.65 Å². The molecule has 0 unspecified atom stereocenters. The van der Waals surface area contributed by atoms with Crippen molar-refractivity contribution >= 4 is 34.5 Å². The highest BCUT2D eigenvalue weighted by Gasteiger charge is 2.24. The minimum absolute atomic E-state index is 0.00564. The van der Waals surface area contributed by atoms with E-state index in [1.165, 1.54) is 0 Å². The van der Waals surface area contributed by atoms with Crippen LogP contribution in [0.2, 0.25) is 5.02 Å². The third-order valence-corrected chi connectivity index (χ3v) is 6.55. The van der Waals surface area contributed by atoms with Crippen LogP contribution in [0, 0.1) is 0 Å². The first kappa shape index (κ1) is 22.7. The van der Waals surface area contributed by atoms with E-state index in [4.69, 9.17) is 26.1 Å². The number of H-pyrrole nitrogens is 1. The number of anilines is 1. The lowest BCUT2D eigenvalue weighted by atomic mass is 10.1. The van der Waals surface area contributed by atoms with Crippen LogP contribution < -0.4 is 15.0 Å². The Labute approximate surface area is 203 Å². The molecule has 2 fully saturated rings. The highest BCUT2D eigenvalue weighted by molar-refractivity contribution is 6.33. The van der Waals surface area contributed by atoms with Crippen molar-refractivity contribution in [1.82, 2.24) is 25.2 Å². The number of fused-ring (bicyclic) bond motifs is 1. The van der Waals surface area contributed by atoms with E-state index in [9.17, 15) is 4.79 Å². The van der Waals surface area contributed by atoms with Crippen LogP contribution in [0.1, 0.15) is 19.8 Å². The largest absolute Gasteiger partial charge is 0.461 e. The summed E-state index contributed by atoms with van der Waals surface area (Å²) in [5.41, 5.74) is 4.08. The molecule has 9 nitrogen and oxygen atoms in total. The van der Waals surface area contributed by atoms with Crippen molar-refractivity contribution in [2.45, 2.75) is 25.9 Å². The summed E-state index contributed by atoms with van der Waals surface area (Å²) < 4.78 is 11.5. The van der Waals surface area contributed by atoms with Crippen LogP contribution in [-0.4, -0.2) is 77.9 Å². The molecule has 2 amide bonds. The molecule has 2 saturated heterocycles. The molecule has 5 rings (SSSR count). The van der Waals surface area contributed by atoms with Crippen LogP contribution in [0.15, 0.2) is 30.3 Å². The fourth-order valence-electron chi connectivity index (χ4n) is 4.40. The third-order valence-electron chi connectivity index (χ3n) is 6.26. The van der Waals surface area contributed by atoms with Crippen LogP contribution in [0.25, 0.3) is 22.4 Å². The topological polar surface area (TPSA) is 95.6 Å². The molecule has 2 aromatic heterocycles. The van der Waals surface area contributed by atoms with E-state index in [-0.39, 0.29) is 12.1 Å². The number of benzene rings is 1. The van der Waals surface area contributed by atoms with Crippen LogP contribution in [0.5, 0.6) is 6.01 Å². The molecule has 1 aromatic carbocycles. The molecule has 4 heterocycles. The van der Waals surface area contributed by atoms with Gasteiger partial charge in [0.1, 0.15) is 6.10 Å². The number of amides is 2. The van der Waals surface area contributed by atoms with Crippen molar-refractivity contribution in [3.05, 3.63) is 35.4 Å². The molecule has 180 valence electrons. The molecule has 10 heteroatoms. The molecular weight excluding hydrogens is 456 g/mol. The maximum absolute atomic E-state index is 12.0. The van der Waals surface area contributed by atoms with Crippen LogP contribution >= 0.6 is 11.6 Å². The number of imidazole rings is 1. The molecule has 0 radical (unpaired) electrons. The lowest BCUT2D eigenvalue weighted by molar-refractivity contribution is 0.104. The van der Waals surface area contributed by atoms with Crippen LogP contribution in [0.3, 0.4) is 0 Å². The quantitative estimate of drug-likeness (QED) is 0.573. The molecule has 2 aliphatic rings. The van der Waals surface area contributed by atoms with Gasteiger partial charge in [-0.05, 0) is 25.1 Å². The summed E-state index contributed by atoms with van der Waals surface area (Å²) in [7, 11) is 0. The van der Waals surface area contributed by atoms with Gasteiger partial charge < -0.3 is 29.6 Å². The van der Waals surface area contributed by atoms with Gasteiger partial charge in [-0.15, -0.1) is 0 Å². The third kappa shape index (κ3) is 4.90. The monoisotopic (exact) mass is 484 g/mol. The molecule has 3 aromatic rings. The van der Waals surface area contributed by atoms with Gasteiger partial charge in [0.2, 0.25) is 0 Å². The molecule has 0 atom stereocenters. The predicted octanol–water partition coefficient (Wildman–Crippen LogP) is 3.69. The number of likely N-dealkylation sites (tertiary alicyclic amines) is 1. The van der Waals surface area contributed by atoms with Gasteiger partial charge in [0.05, 0.1) is 29.4 Å². The maximum atomic E-state index is 12.0. The summed E-state index contributed by atoms with van der Waals surface area (Å²) >= 11 is 6.58. The van der Waals surface area contributed by atoms with Gasteiger partial charge in [0, 0.05) is 56.8 Å². The average Bonchev–Trinajstić information content (AvgIpc) is 3.25. The van der Waals surface area contributed by atoms with Crippen molar-refractivity contribution in [3.63, 3.8) is 0 Å². The number of aromatic nitrogens is 3. The van der Waals surface area contributed by atoms with Crippen molar-refractivity contribution in [2.24, 2.45) is 0 Å². The fraction of sp³-hybridized carbons (Fsp3) is 0.458. The number of morpholine rings is 1. The van der Waals surface area contributed by atoms with Gasteiger partial charge in [-0.1, -0.05) is 23.7 Å². The normalized spacial score (nSPS) is 17.2. The number of pyridine rings is 1. The van der Waals surface area contributed by atoms with E-state index < -0.39 is 0 Å². The smallest absolute Gasteiger partial charge is 0.317 e. The van der Waals surface area contributed by atoms with Gasteiger partial charge in [-0.3, -0.25) is 0 Å². The van der Waals surface area contributed by atoms with E-state index in [1.54, 1.807) is 0 Å². The summed E-state index contributed by atoms with van der Waals surface area (Å²) in [6.07, 6.45) is 1.50. The Morgan fingerprint density at radius 3 is 2.62 bits per heavy atom. The zero-order valence-corrected chi connectivity index (χ0v) is 20.0. The van der Waals surface area contributed by atoms with Crippen molar-refractivity contribution in [3.8, 4) is 17.3 Å². The van der Waals surface area contributed by atoms with Crippen LogP contribution in [-0.2, 0) is 4.74 Å². The summed E-state index contributed by atoms with van der Waals surface area (Å²) in [5, 5.41) is 3.39. The number of nitrogens with zero attached hydrogens (tertiary/aromatic N) is 4. The van der Waals surface area contributed by atoms with Crippen molar-refractivity contribution in [2.75, 3.05) is 50.8 Å². The fourth-order valence-corrected chi connectivity index (χ4v) is 4.66. The van der Waals surface area contributed by atoms with Crippen molar-refractivity contribution < 1.29 is 14.3 Å². The van der Waals surface area contributed by atoms with E-state index in [0.717, 1.165) is 55.9 Å².